The Kier molecular flexibility index (Phi) is 6.54. The average molecular weight is 334 g/mol. The minimum absolute atomic E-state index is 0.0470. The van der Waals surface area contributed by atoms with Gasteiger partial charge in [-0.25, -0.2) is 4.98 Å². The Morgan fingerprint density at radius 1 is 1.38 bits per heavy atom. The Bertz CT molecular complexity index is 571. The molecule has 7 heteroatoms. The number of nitrogens with one attached hydrogen (secondary N) is 1. The number of carboxylic acids is 1. The topological polar surface area (TPSA) is 85.8 Å². The lowest BCUT2D eigenvalue weighted by Crippen LogP contribution is -2.44. The second-order valence-electron chi connectivity index (χ2n) is 6.07. The van der Waals surface area contributed by atoms with Gasteiger partial charge in [-0.15, -0.1) is 0 Å². The van der Waals surface area contributed by atoms with Crippen LogP contribution in [-0.4, -0.2) is 60.1 Å². The van der Waals surface area contributed by atoms with Crippen molar-refractivity contribution in [2.75, 3.05) is 43.4 Å². The molecule has 1 aromatic heterocycles. The lowest BCUT2D eigenvalue weighted by atomic mass is 9.95. The van der Waals surface area contributed by atoms with Crippen LogP contribution in [0.3, 0.4) is 0 Å². The second-order valence-corrected chi connectivity index (χ2v) is 6.07. The number of hydrogen-bond donors (Lipinski definition) is 2. The average Bonchev–Trinajstić information content (AvgIpc) is 2.59. The monoisotopic (exact) mass is 334 g/mol. The van der Waals surface area contributed by atoms with Gasteiger partial charge in [0, 0.05) is 19.5 Å². The molecule has 132 valence electrons. The van der Waals surface area contributed by atoms with Gasteiger partial charge < -0.3 is 10.4 Å². The third kappa shape index (κ3) is 4.67. The zero-order valence-electron chi connectivity index (χ0n) is 14.4. The van der Waals surface area contributed by atoms with Crippen LogP contribution in [0.15, 0.2) is 18.2 Å². The molecule has 1 aromatic rings. The van der Waals surface area contributed by atoms with Gasteiger partial charge in [-0.1, -0.05) is 13.0 Å². The van der Waals surface area contributed by atoms with Crippen LogP contribution in [0.4, 0.5) is 11.6 Å². The highest BCUT2D eigenvalue weighted by Crippen LogP contribution is 2.23. The van der Waals surface area contributed by atoms with Crippen molar-refractivity contribution in [3.63, 3.8) is 0 Å². The summed E-state index contributed by atoms with van der Waals surface area (Å²) in [6, 6.07) is 5.61. The summed E-state index contributed by atoms with van der Waals surface area (Å²) in [6.07, 6.45) is 2.24. The van der Waals surface area contributed by atoms with Crippen molar-refractivity contribution < 1.29 is 14.7 Å². The van der Waals surface area contributed by atoms with E-state index in [-0.39, 0.29) is 18.4 Å². The molecule has 0 aliphatic carbocycles. The van der Waals surface area contributed by atoms with Gasteiger partial charge in [0.05, 0.1) is 6.54 Å². The number of likely N-dealkylation sites (tertiary alicyclic amines) is 1. The molecule has 1 aliphatic rings. The lowest BCUT2D eigenvalue weighted by molar-refractivity contribution is -0.138. The maximum atomic E-state index is 12.9. The van der Waals surface area contributed by atoms with Crippen molar-refractivity contribution >= 4 is 23.5 Å². The van der Waals surface area contributed by atoms with Crippen LogP contribution in [-0.2, 0) is 9.59 Å². The highest BCUT2D eigenvalue weighted by atomic mass is 16.4. The summed E-state index contributed by atoms with van der Waals surface area (Å²) in [5.74, 6) is 0.606. The van der Waals surface area contributed by atoms with E-state index in [1.165, 1.54) is 0 Å². The molecule has 0 atom stereocenters. The second kappa shape index (κ2) is 8.63. The van der Waals surface area contributed by atoms with Crippen LogP contribution < -0.4 is 10.2 Å². The van der Waals surface area contributed by atoms with E-state index in [0.717, 1.165) is 12.2 Å². The first-order valence-electron chi connectivity index (χ1n) is 8.45. The van der Waals surface area contributed by atoms with Gasteiger partial charge in [0.2, 0.25) is 5.91 Å². The van der Waals surface area contributed by atoms with Gasteiger partial charge in [0.1, 0.15) is 11.6 Å². The number of amides is 1. The minimum Gasteiger partial charge on any atom is -0.480 e. The summed E-state index contributed by atoms with van der Waals surface area (Å²) in [4.78, 5) is 31.9. The molecule has 2 heterocycles. The van der Waals surface area contributed by atoms with Crippen molar-refractivity contribution in [1.82, 2.24) is 9.88 Å². The van der Waals surface area contributed by atoms with Crippen LogP contribution in [0, 0.1) is 5.92 Å². The van der Waals surface area contributed by atoms with E-state index in [1.807, 2.05) is 30.0 Å². The van der Waals surface area contributed by atoms with Crippen LogP contribution in [0.2, 0.25) is 0 Å². The summed E-state index contributed by atoms with van der Waals surface area (Å²) < 4.78 is 0. The molecule has 0 radical (unpaired) electrons. The normalized spacial score (nSPS) is 15.9. The molecular weight excluding hydrogens is 308 g/mol. The largest absolute Gasteiger partial charge is 0.480 e. The van der Waals surface area contributed by atoms with E-state index in [9.17, 15) is 9.59 Å². The molecule has 1 saturated heterocycles. The van der Waals surface area contributed by atoms with E-state index >= 15 is 0 Å². The first-order chi connectivity index (χ1) is 11.5. The van der Waals surface area contributed by atoms with Crippen LogP contribution in [0.1, 0.15) is 26.2 Å². The number of carboxylic acid groups (broad SMARTS) is 1. The molecular formula is C17H26N4O3. The van der Waals surface area contributed by atoms with Crippen molar-refractivity contribution in [3.05, 3.63) is 18.2 Å². The fourth-order valence-corrected chi connectivity index (χ4v) is 3.02. The highest BCUT2D eigenvalue weighted by molar-refractivity contribution is 5.94. The van der Waals surface area contributed by atoms with E-state index in [4.69, 9.17) is 5.11 Å². The number of aliphatic carboxylic acids is 1. The number of pyridine rings is 1. The van der Waals surface area contributed by atoms with E-state index in [1.54, 1.807) is 11.9 Å². The van der Waals surface area contributed by atoms with Crippen LogP contribution >= 0.6 is 0 Å². The maximum absolute atomic E-state index is 12.9. The van der Waals surface area contributed by atoms with Crippen LogP contribution in [0.25, 0.3) is 0 Å². The molecule has 0 bridgehead atoms. The zero-order valence-corrected chi connectivity index (χ0v) is 14.4. The summed E-state index contributed by atoms with van der Waals surface area (Å²) in [5, 5.41) is 11.9. The Labute approximate surface area is 142 Å². The molecule has 2 N–H and O–H groups in total. The molecule has 0 spiro atoms. The summed E-state index contributed by atoms with van der Waals surface area (Å²) in [6.45, 7) is 4.01. The van der Waals surface area contributed by atoms with Gasteiger partial charge >= 0.3 is 5.97 Å². The summed E-state index contributed by atoms with van der Waals surface area (Å²) in [5.41, 5.74) is 0. The van der Waals surface area contributed by atoms with Crippen LogP contribution in [0.5, 0.6) is 0 Å². The molecule has 24 heavy (non-hydrogen) atoms. The van der Waals surface area contributed by atoms with Crippen molar-refractivity contribution in [2.24, 2.45) is 5.92 Å². The molecule has 1 fully saturated rings. The molecule has 0 aromatic carbocycles. The quantitative estimate of drug-likeness (QED) is 0.789. The predicted molar refractivity (Wildman–Crippen MR) is 93.2 cm³/mol. The number of carbonyl (C=O) groups is 2. The van der Waals surface area contributed by atoms with Gasteiger partial charge in [-0.05, 0) is 44.5 Å². The third-order valence-corrected chi connectivity index (χ3v) is 4.28. The molecule has 0 unspecified atom stereocenters. The Morgan fingerprint density at radius 3 is 2.67 bits per heavy atom. The standard InChI is InChI=1S/C17H26N4O3/c1-3-9-21(15-6-4-5-14(18-2)19-15)17(24)13-7-10-20(11-8-13)12-16(22)23/h4-6,13H,3,7-12H2,1-2H3,(H,18,19)(H,22,23). The Morgan fingerprint density at radius 2 is 2.08 bits per heavy atom. The first kappa shape index (κ1) is 18.2. The van der Waals surface area contributed by atoms with Gasteiger partial charge in [0.15, 0.2) is 0 Å². The molecule has 0 saturated carbocycles. The predicted octanol–water partition coefficient (Wildman–Crippen LogP) is 1.66. The number of rotatable bonds is 7. The molecule has 7 nitrogen and oxygen atoms in total. The Hall–Kier alpha value is -2.15. The van der Waals surface area contributed by atoms with Gasteiger partial charge in [0.25, 0.3) is 0 Å². The highest BCUT2D eigenvalue weighted by Gasteiger charge is 2.30. The van der Waals surface area contributed by atoms with E-state index in [0.29, 0.717) is 38.3 Å². The fourth-order valence-electron chi connectivity index (χ4n) is 3.02. The smallest absolute Gasteiger partial charge is 0.317 e. The molecule has 1 amide bonds. The van der Waals surface area contributed by atoms with Crippen molar-refractivity contribution in [3.8, 4) is 0 Å². The Balaban J connectivity index is 2.05. The zero-order chi connectivity index (χ0) is 17.5. The van der Waals surface area contributed by atoms with E-state index < -0.39 is 5.97 Å². The van der Waals surface area contributed by atoms with Gasteiger partial charge in [-0.2, -0.15) is 0 Å². The lowest BCUT2D eigenvalue weighted by Gasteiger charge is -2.33. The number of hydrogen-bond acceptors (Lipinski definition) is 5. The summed E-state index contributed by atoms with van der Waals surface area (Å²) >= 11 is 0. The first-order valence-corrected chi connectivity index (χ1v) is 8.45. The number of piperidine rings is 1. The number of aromatic nitrogens is 1. The maximum Gasteiger partial charge on any atom is 0.317 e. The fraction of sp³-hybridized carbons (Fsp3) is 0.588. The number of nitrogens with zero attached hydrogens (tertiary/aromatic N) is 3. The van der Waals surface area contributed by atoms with E-state index in [2.05, 4.69) is 10.3 Å². The number of carbonyl (C=O) groups excluding carboxylic acids is 1. The third-order valence-electron chi connectivity index (χ3n) is 4.28. The van der Waals surface area contributed by atoms with Crippen molar-refractivity contribution in [1.29, 1.82) is 0 Å². The minimum atomic E-state index is -0.819. The summed E-state index contributed by atoms with van der Waals surface area (Å²) in [7, 11) is 1.80. The molecule has 1 aliphatic heterocycles. The van der Waals surface area contributed by atoms with Gasteiger partial charge in [-0.3, -0.25) is 19.4 Å². The number of anilines is 2. The molecule has 2 rings (SSSR count). The van der Waals surface area contributed by atoms with Crippen molar-refractivity contribution in [2.45, 2.75) is 26.2 Å². The SMILES string of the molecule is CCCN(C(=O)C1CCN(CC(=O)O)CC1)c1cccc(NC)n1.